The van der Waals surface area contributed by atoms with E-state index in [1.54, 1.807) is 48.5 Å². The van der Waals surface area contributed by atoms with Crippen molar-refractivity contribution in [1.29, 1.82) is 0 Å². The van der Waals surface area contributed by atoms with Crippen molar-refractivity contribution in [3.63, 3.8) is 0 Å². The summed E-state index contributed by atoms with van der Waals surface area (Å²) >= 11 is 0. The van der Waals surface area contributed by atoms with E-state index in [1.165, 1.54) is 0 Å². The van der Waals surface area contributed by atoms with E-state index in [1.807, 2.05) is 0 Å². The monoisotopic (exact) mass is 256 g/mol. The van der Waals surface area contributed by atoms with Gasteiger partial charge in [-0.3, -0.25) is 5.43 Å². The Balaban J connectivity index is 1.85. The molecule has 5 nitrogen and oxygen atoms in total. The molecule has 3 N–H and O–H groups in total. The minimum Gasteiger partial charge on any atom is -0.507 e. The molecule has 3 rings (SSSR count). The van der Waals surface area contributed by atoms with Gasteiger partial charge in [-0.15, -0.1) is 5.10 Å². The van der Waals surface area contributed by atoms with Crippen LogP contribution in [0.1, 0.15) is 17.4 Å². The maximum absolute atomic E-state index is 9.76. The molecule has 0 fully saturated rings. The van der Waals surface area contributed by atoms with Crippen LogP contribution >= 0.6 is 0 Å². The fourth-order valence-electron chi connectivity index (χ4n) is 1.90. The van der Waals surface area contributed by atoms with Gasteiger partial charge >= 0.3 is 0 Å². The lowest BCUT2D eigenvalue weighted by atomic mass is 10.1. The van der Waals surface area contributed by atoms with Crippen LogP contribution in [0.25, 0.3) is 0 Å². The topological polar surface area (TPSA) is 74.1 Å². The molecule has 1 heterocycles. The van der Waals surface area contributed by atoms with Gasteiger partial charge in [0.05, 0.1) is 11.1 Å². The summed E-state index contributed by atoms with van der Waals surface area (Å²) in [7, 11) is 0. The highest BCUT2D eigenvalue weighted by Crippen LogP contribution is 2.29. The summed E-state index contributed by atoms with van der Waals surface area (Å²) in [4.78, 5) is 0. The molecule has 19 heavy (non-hydrogen) atoms. The molecule has 0 aromatic heterocycles. The Kier molecular flexibility index (Phi) is 2.72. The van der Waals surface area contributed by atoms with Gasteiger partial charge in [0.25, 0.3) is 0 Å². The number of hydrogen-bond donors (Lipinski definition) is 3. The van der Waals surface area contributed by atoms with E-state index in [2.05, 4.69) is 10.5 Å². The fraction of sp³-hybridized carbons (Fsp3) is 0.0714. The quantitative estimate of drug-likeness (QED) is 0.769. The number of benzene rings is 2. The summed E-state index contributed by atoms with van der Waals surface area (Å²) in [6.45, 7) is 0. The van der Waals surface area contributed by atoms with E-state index in [0.717, 1.165) is 0 Å². The summed E-state index contributed by atoms with van der Waals surface area (Å²) in [5.74, 6) is 0.529. The number of ether oxygens (including phenoxy) is 1. The molecule has 1 atom stereocenters. The van der Waals surface area contributed by atoms with Crippen LogP contribution < -0.4 is 5.43 Å². The largest absolute Gasteiger partial charge is 0.507 e. The normalized spacial score (nSPS) is 17.5. The minimum atomic E-state index is -0.559. The molecule has 0 aliphatic carbocycles. The number of phenols is 2. The number of hydrogen-bond acceptors (Lipinski definition) is 5. The van der Waals surface area contributed by atoms with Crippen LogP contribution in [-0.2, 0) is 4.74 Å². The molecule has 0 radical (unpaired) electrons. The van der Waals surface area contributed by atoms with E-state index >= 15 is 0 Å². The van der Waals surface area contributed by atoms with Gasteiger partial charge in [-0.1, -0.05) is 24.3 Å². The molecule has 1 unspecified atom stereocenters. The van der Waals surface area contributed by atoms with Gasteiger partial charge in [-0.05, 0) is 24.3 Å². The van der Waals surface area contributed by atoms with Crippen molar-refractivity contribution in [3.05, 3.63) is 59.7 Å². The second-order valence-electron chi connectivity index (χ2n) is 4.12. The molecule has 0 bridgehead atoms. The molecule has 2 aromatic carbocycles. The van der Waals surface area contributed by atoms with E-state index in [0.29, 0.717) is 17.0 Å². The van der Waals surface area contributed by atoms with Crippen molar-refractivity contribution in [2.75, 3.05) is 0 Å². The molecule has 0 saturated carbocycles. The van der Waals surface area contributed by atoms with Crippen LogP contribution in [0, 0.1) is 0 Å². The van der Waals surface area contributed by atoms with Gasteiger partial charge in [0, 0.05) is 0 Å². The van der Waals surface area contributed by atoms with E-state index in [4.69, 9.17) is 4.74 Å². The zero-order chi connectivity index (χ0) is 13.2. The SMILES string of the molecule is Oc1ccccc1C1=NNC(c2ccccc2O)O1. The number of nitrogens with zero attached hydrogens (tertiary/aromatic N) is 1. The zero-order valence-electron chi connectivity index (χ0n) is 9.95. The first kappa shape index (κ1) is 11.4. The van der Waals surface area contributed by atoms with Crippen LogP contribution in [0.5, 0.6) is 11.5 Å². The molecule has 5 heteroatoms. The first-order valence-electron chi connectivity index (χ1n) is 5.82. The van der Waals surface area contributed by atoms with E-state index in [-0.39, 0.29) is 11.5 Å². The Bertz CT molecular complexity index is 640. The molecule has 0 amide bonds. The molecular formula is C14H12N2O3. The summed E-state index contributed by atoms with van der Waals surface area (Å²) in [5.41, 5.74) is 3.89. The predicted octanol–water partition coefficient (Wildman–Crippen LogP) is 2.08. The summed E-state index contributed by atoms with van der Waals surface area (Å²) in [5, 5.41) is 23.5. The third kappa shape index (κ3) is 2.06. The molecule has 0 saturated heterocycles. The Morgan fingerprint density at radius 2 is 1.63 bits per heavy atom. The number of hydrazone groups is 1. The molecule has 0 spiro atoms. The molecule has 96 valence electrons. The van der Waals surface area contributed by atoms with Crippen LogP contribution in [-0.4, -0.2) is 16.1 Å². The second kappa shape index (κ2) is 4.53. The Morgan fingerprint density at radius 1 is 0.947 bits per heavy atom. The van der Waals surface area contributed by atoms with Crippen LogP contribution in [0.2, 0.25) is 0 Å². The summed E-state index contributed by atoms with van der Waals surface area (Å²) < 4.78 is 5.61. The average molecular weight is 256 g/mol. The molecule has 1 aliphatic rings. The number of para-hydroxylation sites is 2. The summed E-state index contributed by atoms with van der Waals surface area (Å²) in [6, 6.07) is 13.7. The second-order valence-corrected chi connectivity index (χ2v) is 4.12. The van der Waals surface area contributed by atoms with Gasteiger partial charge in [0.2, 0.25) is 12.1 Å². The number of rotatable bonds is 2. The number of nitrogens with one attached hydrogen (secondary N) is 1. The number of phenolic OH excluding ortho intramolecular Hbond substituents is 2. The van der Waals surface area contributed by atoms with E-state index < -0.39 is 6.23 Å². The van der Waals surface area contributed by atoms with Crippen molar-refractivity contribution in [3.8, 4) is 11.5 Å². The highest BCUT2D eigenvalue weighted by Gasteiger charge is 2.25. The van der Waals surface area contributed by atoms with Crippen molar-refractivity contribution < 1.29 is 14.9 Å². The van der Waals surface area contributed by atoms with Gasteiger partial charge in [0.1, 0.15) is 11.5 Å². The smallest absolute Gasteiger partial charge is 0.244 e. The summed E-state index contributed by atoms with van der Waals surface area (Å²) in [6.07, 6.45) is -0.559. The molecule has 2 aromatic rings. The first-order chi connectivity index (χ1) is 9.25. The van der Waals surface area contributed by atoms with Gasteiger partial charge in [0.15, 0.2) is 0 Å². The Labute approximate surface area is 109 Å². The van der Waals surface area contributed by atoms with Crippen LogP contribution in [0.15, 0.2) is 53.6 Å². The molecule has 1 aliphatic heterocycles. The Hall–Kier alpha value is -2.69. The third-order valence-electron chi connectivity index (χ3n) is 2.87. The number of aromatic hydroxyl groups is 2. The standard InChI is InChI=1S/C14H12N2O3/c17-11-7-3-1-5-9(11)13-15-16-14(19-13)10-6-2-4-8-12(10)18/h1-8,13,15,17-18H. The van der Waals surface area contributed by atoms with E-state index in [9.17, 15) is 10.2 Å². The van der Waals surface area contributed by atoms with Crippen molar-refractivity contribution in [1.82, 2.24) is 5.43 Å². The lowest BCUT2D eigenvalue weighted by molar-refractivity contribution is 0.187. The maximum Gasteiger partial charge on any atom is 0.244 e. The van der Waals surface area contributed by atoms with Crippen LogP contribution in [0.4, 0.5) is 0 Å². The van der Waals surface area contributed by atoms with Crippen molar-refractivity contribution in [2.45, 2.75) is 6.23 Å². The predicted molar refractivity (Wildman–Crippen MR) is 69.7 cm³/mol. The fourth-order valence-corrected chi connectivity index (χ4v) is 1.90. The Morgan fingerprint density at radius 3 is 2.37 bits per heavy atom. The zero-order valence-corrected chi connectivity index (χ0v) is 9.95. The average Bonchev–Trinajstić information content (AvgIpc) is 2.89. The lowest BCUT2D eigenvalue weighted by Crippen LogP contribution is -2.12. The highest BCUT2D eigenvalue weighted by atomic mass is 16.5. The maximum atomic E-state index is 9.76. The first-order valence-corrected chi connectivity index (χ1v) is 5.82. The van der Waals surface area contributed by atoms with Crippen LogP contribution in [0.3, 0.4) is 0 Å². The van der Waals surface area contributed by atoms with Gasteiger partial charge < -0.3 is 14.9 Å². The minimum absolute atomic E-state index is 0.0981. The van der Waals surface area contributed by atoms with Gasteiger partial charge in [-0.25, -0.2) is 0 Å². The van der Waals surface area contributed by atoms with Crippen molar-refractivity contribution in [2.24, 2.45) is 5.10 Å². The molecular weight excluding hydrogens is 244 g/mol. The van der Waals surface area contributed by atoms with Gasteiger partial charge in [-0.2, -0.15) is 0 Å². The highest BCUT2D eigenvalue weighted by molar-refractivity contribution is 5.97. The third-order valence-corrected chi connectivity index (χ3v) is 2.87. The van der Waals surface area contributed by atoms with Crippen molar-refractivity contribution >= 4 is 5.90 Å². The lowest BCUT2D eigenvalue weighted by Gasteiger charge is -2.13.